The molecule has 1 atom stereocenters. The number of methoxy groups -OCH3 is 1. The van der Waals surface area contributed by atoms with Crippen LogP contribution in [0.15, 0.2) is 18.2 Å². The van der Waals surface area contributed by atoms with Crippen molar-refractivity contribution in [2.45, 2.75) is 18.9 Å². The number of hydrogen-bond acceptors (Lipinski definition) is 3. The Morgan fingerprint density at radius 2 is 2.44 bits per heavy atom. The van der Waals surface area contributed by atoms with Crippen molar-refractivity contribution in [3.8, 4) is 5.75 Å². The molecule has 1 aromatic carbocycles. The predicted molar refractivity (Wildman–Crippen MR) is 64.3 cm³/mol. The summed E-state index contributed by atoms with van der Waals surface area (Å²) in [4.78, 5) is 11.8. The van der Waals surface area contributed by atoms with E-state index in [9.17, 15) is 9.18 Å². The van der Waals surface area contributed by atoms with Gasteiger partial charge in [-0.15, -0.1) is 0 Å². The third-order valence-electron chi connectivity index (χ3n) is 2.94. The molecule has 0 aromatic heterocycles. The average Bonchev–Trinajstić information content (AvgIpc) is 2.88. The zero-order valence-corrected chi connectivity index (χ0v) is 10.2. The molecule has 1 unspecified atom stereocenters. The molecule has 1 aromatic rings. The van der Waals surface area contributed by atoms with E-state index in [1.165, 1.54) is 19.2 Å². The van der Waals surface area contributed by atoms with Crippen LogP contribution in [0.1, 0.15) is 23.2 Å². The maximum absolute atomic E-state index is 13.6. The number of carbonyl (C=O) groups excluding carboxylic acids is 1. The van der Waals surface area contributed by atoms with Crippen LogP contribution in [-0.4, -0.2) is 32.3 Å². The summed E-state index contributed by atoms with van der Waals surface area (Å²) < 4.78 is 23.9. The molecule has 1 N–H and O–H groups in total. The van der Waals surface area contributed by atoms with E-state index >= 15 is 0 Å². The lowest BCUT2D eigenvalue weighted by atomic mass is 10.2. The summed E-state index contributed by atoms with van der Waals surface area (Å²) >= 11 is 0. The van der Waals surface area contributed by atoms with Crippen molar-refractivity contribution >= 4 is 5.91 Å². The standard InChI is InChI=1S/C13H16FNO3/c1-17-9-4-5-11(12(14)7-9)13(16)15-8-10-3-2-6-18-10/h4-5,7,10H,2-3,6,8H2,1H3,(H,15,16). The van der Waals surface area contributed by atoms with Crippen molar-refractivity contribution in [2.24, 2.45) is 0 Å². The Bertz CT molecular complexity index is 430. The van der Waals surface area contributed by atoms with Gasteiger partial charge in [-0.1, -0.05) is 0 Å². The van der Waals surface area contributed by atoms with Crippen LogP contribution in [0.2, 0.25) is 0 Å². The molecule has 0 saturated carbocycles. The first-order valence-corrected chi connectivity index (χ1v) is 5.94. The van der Waals surface area contributed by atoms with Gasteiger partial charge < -0.3 is 14.8 Å². The Morgan fingerprint density at radius 3 is 3.06 bits per heavy atom. The molecule has 0 bridgehead atoms. The van der Waals surface area contributed by atoms with Crippen molar-refractivity contribution in [3.63, 3.8) is 0 Å². The number of benzene rings is 1. The third kappa shape index (κ3) is 2.98. The van der Waals surface area contributed by atoms with E-state index in [1.54, 1.807) is 6.07 Å². The summed E-state index contributed by atoms with van der Waals surface area (Å²) in [6.07, 6.45) is 2.00. The first-order valence-electron chi connectivity index (χ1n) is 5.94. The monoisotopic (exact) mass is 253 g/mol. The molecule has 18 heavy (non-hydrogen) atoms. The number of halogens is 1. The summed E-state index contributed by atoms with van der Waals surface area (Å²) in [5.74, 6) is -0.618. The Labute approximate surface area is 105 Å². The van der Waals surface area contributed by atoms with Gasteiger partial charge in [-0.3, -0.25) is 4.79 Å². The number of rotatable bonds is 4. The van der Waals surface area contributed by atoms with Gasteiger partial charge in [-0.05, 0) is 25.0 Å². The minimum atomic E-state index is -0.584. The van der Waals surface area contributed by atoms with E-state index < -0.39 is 11.7 Å². The normalized spacial score (nSPS) is 18.7. The van der Waals surface area contributed by atoms with Gasteiger partial charge >= 0.3 is 0 Å². The molecule has 2 rings (SSSR count). The van der Waals surface area contributed by atoms with Crippen LogP contribution < -0.4 is 10.1 Å². The van der Waals surface area contributed by atoms with Gasteiger partial charge in [-0.25, -0.2) is 4.39 Å². The Balaban J connectivity index is 1.95. The topological polar surface area (TPSA) is 47.6 Å². The average molecular weight is 253 g/mol. The molecule has 4 nitrogen and oxygen atoms in total. The van der Waals surface area contributed by atoms with Crippen molar-refractivity contribution in [2.75, 3.05) is 20.3 Å². The van der Waals surface area contributed by atoms with Gasteiger partial charge in [0.15, 0.2) is 0 Å². The Hall–Kier alpha value is -1.62. The van der Waals surface area contributed by atoms with Crippen molar-refractivity contribution in [3.05, 3.63) is 29.6 Å². The van der Waals surface area contributed by atoms with Gasteiger partial charge in [0.25, 0.3) is 5.91 Å². The van der Waals surface area contributed by atoms with Crippen LogP contribution in [0.5, 0.6) is 5.75 Å². The van der Waals surface area contributed by atoms with E-state index in [4.69, 9.17) is 9.47 Å². The molecule has 1 amide bonds. The smallest absolute Gasteiger partial charge is 0.254 e. The third-order valence-corrected chi connectivity index (χ3v) is 2.94. The molecule has 1 fully saturated rings. The lowest BCUT2D eigenvalue weighted by Crippen LogP contribution is -2.32. The van der Waals surface area contributed by atoms with Crippen LogP contribution in [-0.2, 0) is 4.74 Å². The van der Waals surface area contributed by atoms with Gasteiger partial charge in [0.1, 0.15) is 11.6 Å². The largest absolute Gasteiger partial charge is 0.497 e. The fraction of sp³-hybridized carbons (Fsp3) is 0.462. The molecule has 98 valence electrons. The van der Waals surface area contributed by atoms with Crippen LogP contribution in [0.3, 0.4) is 0 Å². The van der Waals surface area contributed by atoms with Crippen molar-refractivity contribution in [1.82, 2.24) is 5.32 Å². The summed E-state index contributed by atoms with van der Waals surface area (Å²) in [6, 6.07) is 4.17. The SMILES string of the molecule is COc1ccc(C(=O)NCC2CCCO2)c(F)c1. The maximum Gasteiger partial charge on any atom is 0.254 e. The quantitative estimate of drug-likeness (QED) is 0.889. The molecule has 0 radical (unpaired) electrons. The minimum absolute atomic E-state index is 0.0220. The maximum atomic E-state index is 13.6. The second kappa shape index (κ2) is 5.82. The molecular formula is C13H16FNO3. The lowest BCUT2D eigenvalue weighted by Gasteiger charge is -2.11. The number of hydrogen-bond donors (Lipinski definition) is 1. The zero-order valence-electron chi connectivity index (χ0n) is 10.2. The molecule has 1 aliphatic rings. The number of amides is 1. The van der Waals surface area contributed by atoms with E-state index in [-0.39, 0.29) is 11.7 Å². The van der Waals surface area contributed by atoms with Crippen molar-refractivity contribution < 1.29 is 18.7 Å². The summed E-state index contributed by atoms with van der Waals surface area (Å²) in [7, 11) is 1.45. The summed E-state index contributed by atoms with van der Waals surface area (Å²) in [5.41, 5.74) is 0.0220. The predicted octanol–water partition coefficient (Wildman–Crippen LogP) is 1.74. The highest BCUT2D eigenvalue weighted by molar-refractivity contribution is 5.94. The van der Waals surface area contributed by atoms with Gasteiger partial charge in [0.2, 0.25) is 0 Å². The Kier molecular flexibility index (Phi) is 4.15. The minimum Gasteiger partial charge on any atom is -0.497 e. The second-order valence-corrected chi connectivity index (χ2v) is 4.19. The molecule has 0 aliphatic carbocycles. The zero-order chi connectivity index (χ0) is 13.0. The van der Waals surface area contributed by atoms with Crippen LogP contribution >= 0.6 is 0 Å². The molecule has 1 aliphatic heterocycles. The van der Waals surface area contributed by atoms with E-state index in [2.05, 4.69) is 5.32 Å². The highest BCUT2D eigenvalue weighted by Gasteiger charge is 2.18. The molecule has 1 heterocycles. The van der Waals surface area contributed by atoms with Crippen LogP contribution in [0.25, 0.3) is 0 Å². The lowest BCUT2D eigenvalue weighted by molar-refractivity contribution is 0.0854. The molecular weight excluding hydrogens is 237 g/mol. The number of carbonyl (C=O) groups is 1. The van der Waals surface area contributed by atoms with Crippen LogP contribution in [0.4, 0.5) is 4.39 Å². The number of ether oxygens (including phenoxy) is 2. The number of nitrogens with one attached hydrogen (secondary N) is 1. The molecule has 5 heteroatoms. The van der Waals surface area contributed by atoms with Gasteiger partial charge in [0.05, 0.1) is 18.8 Å². The molecule has 1 saturated heterocycles. The fourth-order valence-corrected chi connectivity index (χ4v) is 1.91. The first-order chi connectivity index (χ1) is 8.70. The van der Waals surface area contributed by atoms with Gasteiger partial charge in [-0.2, -0.15) is 0 Å². The van der Waals surface area contributed by atoms with Crippen LogP contribution in [0, 0.1) is 5.82 Å². The first kappa shape index (κ1) is 12.8. The van der Waals surface area contributed by atoms with E-state index in [0.717, 1.165) is 19.4 Å². The van der Waals surface area contributed by atoms with Crippen molar-refractivity contribution in [1.29, 1.82) is 0 Å². The second-order valence-electron chi connectivity index (χ2n) is 4.19. The van der Waals surface area contributed by atoms with Gasteiger partial charge in [0, 0.05) is 19.2 Å². The Morgan fingerprint density at radius 1 is 1.61 bits per heavy atom. The van der Waals surface area contributed by atoms with E-state index in [1.807, 2.05) is 0 Å². The highest BCUT2D eigenvalue weighted by Crippen LogP contribution is 2.16. The van der Waals surface area contributed by atoms with E-state index in [0.29, 0.717) is 12.3 Å². The fourth-order valence-electron chi connectivity index (χ4n) is 1.91. The molecule has 0 spiro atoms. The highest BCUT2D eigenvalue weighted by atomic mass is 19.1. The summed E-state index contributed by atoms with van der Waals surface area (Å²) in [5, 5.41) is 2.67. The summed E-state index contributed by atoms with van der Waals surface area (Å²) in [6.45, 7) is 1.15.